The quantitative estimate of drug-likeness (QED) is 0.625. The summed E-state index contributed by atoms with van der Waals surface area (Å²) in [5.74, 6) is -2.79. The molecular weight excluding hydrogens is 170 g/mol. The van der Waals surface area contributed by atoms with Crippen LogP contribution in [0.3, 0.4) is 0 Å². The molecule has 13 heavy (non-hydrogen) atoms. The largest absolute Gasteiger partial charge is 0.508 e. The Morgan fingerprint density at radius 1 is 1.69 bits per heavy atom. The van der Waals surface area contributed by atoms with Crippen molar-refractivity contribution in [2.24, 2.45) is 0 Å². The topological polar surface area (TPSA) is 69.6 Å². The van der Waals surface area contributed by atoms with Crippen molar-refractivity contribution in [3.05, 3.63) is 24.2 Å². The minimum absolute atomic E-state index is 0.667. The Morgan fingerprint density at radius 3 is 2.77 bits per heavy atom. The van der Waals surface area contributed by atoms with Gasteiger partial charge in [0.15, 0.2) is 0 Å². The van der Waals surface area contributed by atoms with Gasteiger partial charge in [-0.25, -0.2) is 0 Å². The highest BCUT2D eigenvalue weighted by atomic mass is 16.4. The van der Waals surface area contributed by atoms with E-state index in [0.717, 1.165) is 0 Å². The van der Waals surface area contributed by atoms with Crippen LogP contribution in [0.5, 0.6) is 5.75 Å². The van der Waals surface area contributed by atoms with E-state index in [-0.39, 0.29) is 0 Å². The summed E-state index contributed by atoms with van der Waals surface area (Å²) < 4.78 is 51.4. The number of nitrogens with one attached hydrogen (secondary N) is 1. The molecule has 0 fully saturated rings. The molecule has 4 heteroatoms. The van der Waals surface area contributed by atoms with Crippen LogP contribution in [0.25, 0.3) is 0 Å². The highest BCUT2D eigenvalue weighted by Crippen LogP contribution is 2.14. The van der Waals surface area contributed by atoms with E-state index in [1.54, 1.807) is 0 Å². The standard InChI is InChI=1S/C9H11NO3/c1-6(9(12)13)10-7-2-4-8(11)5-3-7/h2-6,10-11H,1H3,(H,12,13)/t6-/m0/s1/i1D2,2D,3D,4D,5D,6D. The fourth-order valence-corrected chi connectivity index (χ4v) is 0.557. The number of carboxylic acids is 1. The minimum atomic E-state index is -2.87. The number of phenols is 1. The molecule has 0 radical (unpaired) electrons. The van der Waals surface area contributed by atoms with Crippen molar-refractivity contribution < 1.29 is 24.6 Å². The first kappa shape index (κ1) is 3.57. The molecule has 0 aromatic heterocycles. The van der Waals surface area contributed by atoms with E-state index in [1.165, 1.54) is 0 Å². The van der Waals surface area contributed by atoms with Gasteiger partial charge in [0.05, 0.1) is 6.85 Å². The second kappa shape index (κ2) is 3.80. The molecule has 0 bridgehead atoms. The van der Waals surface area contributed by atoms with Crippen molar-refractivity contribution in [1.82, 2.24) is 0 Å². The molecule has 0 aliphatic carbocycles. The molecule has 0 heterocycles. The minimum Gasteiger partial charge on any atom is -0.508 e. The van der Waals surface area contributed by atoms with Crippen LogP contribution in [0.4, 0.5) is 5.69 Å². The molecule has 0 amide bonds. The molecule has 1 rings (SSSR count). The van der Waals surface area contributed by atoms with Crippen LogP contribution in [0.15, 0.2) is 24.2 Å². The maximum absolute atomic E-state index is 11.0. The lowest BCUT2D eigenvalue weighted by molar-refractivity contribution is -0.137. The van der Waals surface area contributed by atoms with Gasteiger partial charge < -0.3 is 15.5 Å². The molecule has 1 aromatic carbocycles. The zero-order valence-electron chi connectivity index (χ0n) is 13.4. The van der Waals surface area contributed by atoms with Gasteiger partial charge in [-0.05, 0) is 31.0 Å². The third-order valence-corrected chi connectivity index (χ3v) is 1.10. The normalized spacial score (nSPS) is 22.4. The van der Waals surface area contributed by atoms with Crippen molar-refractivity contribution in [1.29, 1.82) is 0 Å². The maximum atomic E-state index is 11.0. The van der Waals surface area contributed by atoms with Crippen molar-refractivity contribution in [3.8, 4) is 5.75 Å². The predicted octanol–water partition coefficient (Wildman–Crippen LogP) is 1.28. The Balaban J connectivity index is 3.46. The van der Waals surface area contributed by atoms with Gasteiger partial charge in [0.1, 0.15) is 11.8 Å². The number of carboxylic acid groups (broad SMARTS) is 1. The first-order chi connectivity index (χ1) is 9.04. The average Bonchev–Trinajstić information content (AvgIpc) is 2.38. The lowest BCUT2D eigenvalue weighted by Gasteiger charge is -2.09. The van der Waals surface area contributed by atoms with E-state index in [4.69, 9.17) is 14.7 Å². The van der Waals surface area contributed by atoms with Crippen LogP contribution in [0, 0.1) is 0 Å². The molecule has 1 aromatic rings. The van der Waals surface area contributed by atoms with Crippen molar-refractivity contribution in [3.63, 3.8) is 0 Å². The Labute approximate surface area is 85.7 Å². The first-order valence-electron chi connectivity index (χ1n) is 6.84. The molecular formula is C9H11NO3. The monoisotopic (exact) mass is 188 g/mol. The van der Waals surface area contributed by atoms with Crippen LogP contribution in [0.2, 0.25) is 0 Å². The van der Waals surface area contributed by atoms with Crippen LogP contribution < -0.4 is 5.32 Å². The zero-order valence-corrected chi connectivity index (χ0v) is 6.38. The number of phenolic OH excluding ortho intramolecular Hbond substituents is 1. The van der Waals surface area contributed by atoms with E-state index in [0.29, 0.717) is 0 Å². The van der Waals surface area contributed by atoms with Gasteiger partial charge in [-0.15, -0.1) is 0 Å². The number of rotatable bonds is 3. The summed E-state index contributed by atoms with van der Waals surface area (Å²) in [6.07, 6.45) is 0. The van der Waals surface area contributed by atoms with Gasteiger partial charge in [0, 0.05) is 8.43 Å². The van der Waals surface area contributed by atoms with Gasteiger partial charge in [-0.3, -0.25) is 4.79 Å². The van der Waals surface area contributed by atoms with Crippen LogP contribution in [-0.2, 0) is 4.79 Å². The molecule has 3 N–H and O–H groups in total. The number of hydrogen-bond acceptors (Lipinski definition) is 3. The Kier molecular flexibility index (Phi) is 1.04. The number of aromatic hydroxyl groups is 1. The van der Waals surface area contributed by atoms with Gasteiger partial charge in [-0.2, -0.15) is 0 Å². The highest BCUT2D eigenvalue weighted by molar-refractivity contribution is 5.76. The molecule has 1 atom stereocenters. The number of benzene rings is 1. The third-order valence-electron chi connectivity index (χ3n) is 1.10. The van der Waals surface area contributed by atoms with Gasteiger partial charge in [-0.1, -0.05) is 0 Å². The summed E-state index contributed by atoms with van der Waals surface area (Å²) in [4.78, 5) is 11.0. The Hall–Kier alpha value is -1.71. The van der Waals surface area contributed by atoms with Gasteiger partial charge in [0.2, 0.25) is 0 Å². The molecule has 0 saturated heterocycles. The van der Waals surface area contributed by atoms with Gasteiger partial charge >= 0.3 is 5.97 Å². The second-order valence-corrected chi connectivity index (χ2v) is 2.07. The summed E-state index contributed by atoms with van der Waals surface area (Å²) in [7, 11) is 0. The lowest BCUT2D eigenvalue weighted by Crippen LogP contribution is -2.25. The maximum Gasteiger partial charge on any atom is 0.325 e. The molecule has 0 aliphatic rings. The van der Waals surface area contributed by atoms with Crippen LogP contribution in [0.1, 0.15) is 16.5 Å². The van der Waals surface area contributed by atoms with E-state index < -0.39 is 54.5 Å². The number of carbonyl (C=O) groups is 1. The fourth-order valence-electron chi connectivity index (χ4n) is 0.557. The van der Waals surface area contributed by atoms with E-state index in [2.05, 4.69) is 0 Å². The average molecular weight is 188 g/mol. The van der Waals surface area contributed by atoms with E-state index in [1.807, 2.05) is 5.32 Å². The zero-order chi connectivity index (χ0) is 15.8. The van der Waals surface area contributed by atoms with Crippen molar-refractivity contribution >= 4 is 11.7 Å². The smallest absolute Gasteiger partial charge is 0.325 e. The van der Waals surface area contributed by atoms with Gasteiger partial charge in [0.25, 0.3) is 0 Å². The third kappa shape index (κ3) is 2.66. The van der Waals surface area contributed by atoms with Crippen molar-refractivity contribution in [2.45, 2.75) is 12.9 Å². The molecule has 4 nitrogen and oxygen atoms in total. The first-order valence-corrected chi connectivity index (χ1v) is 3.19. The van der Waals surface area contributed by atoms with Crippen molar-refractivity contribution in [2.75, 3.05) is 5.32 Å². The number of aliphatic carboxylic acids is 1. The molecule has 70 valence electrons. The van der Waals surface area contributed by atoms with E-state index in [9.17, 15) is 9.90 Å². The summed E-state index contributed by atoms with van der Waals surface area (Å²) in [5, 5.41) is 20.1. The Bertz CT molecular complexity index is 536. The summed E-state index contributed by atoms with van der Waals surface area (Å²) in [5.41, 5.74) is -0.667. The Morgan fingerprint density at radius 2 is 2.31 bits per heavy atom. The second-order valence-electron chi connectivity index (χ2n) is 2.07. The summed E-state index contributed by atoms with van der Waals surface area (Å²) >= 11 is 0. The highest BCUT2D eigenvalue weighted by Gasteiger charge is 2.09. The number of hydrogen-bond donors (Lipinski definition) is 3. The summed E-state index contributed by atoms with van der Waals surface area (Å²) in [6.45, 7) is -2.20. The lowest BCUT2D eigenvalue weighted by atomic mass is 10.2. The summed E-state index contributed by atoms with van der Waals surface area (Å²) in [6, 6.07) is -6.08. The predicted molar refractivity (Wildman–Crippen MR) is 48.8 cm³/mol. The van der Waals surface area contributed by atoms with Crippen LogP contribution in [-0.4, -0.2) is 22.2 Å². The molecule has 0 aliphatic heterocycles. The van der Waals surface area contributed by atoms with Crippen LogP contribution >= 0.6 is 0 Å². The molecule has 0 unspecified atom stereocenters. The van der Waals surface area contributed by atoms with E-state index >= 15 is 0 Å². The number of anilines is 1. The SMILES string of the molecule is [2H]c1c([2H])c(N[C@]([2H])(C(=O)O)C([2H])[2H])c([2H])c([2H])c1O. The molecule has 0 spiro atoms. The molecule has 0 saturated carbocycles. The fraction of sp³-hybridized carbons (Fsp3) is 0.222.